The minimum absolute atomic E-state index is 0.191. The minimum Gasteiger partial charge on any atom is -0.478 e. The van der Waals surface area contributed by atoms with E-state index in [-0.39, 0.29) is 5.56 Å². The molecule has 1 aliphatic rings. The number of nitrogen functional groups attached to an aromatic ring is 1. The van der Waals surface area contributed by atoms with E-state index >= 15 is 0 Å². The number of hydrogen-bond acceptors (Lipinski definition) is 6. The monoisotopic (exact) mass is 530 g/mol. The van der Waals surface area contributed by atoms with Gasteiger partial charge in [-0.15, -0.1) is 0 Å². The van der Waals surface area contributed by atoms with E-state index in [4.69, 9.17) is 15.7 Å². The molecule has 0 atom stereocenters. The van der Waals surface area contributed by atoms with Crippen LogP contribution in [-0.2, 0) is 13.6 Å². The van der Waals surface area contributed by atoms with Crippen LogP contribution >= 0.6 is 0 Å². The van der Waals surface area contributed by atoms with Gasteiger partial charge in [0.05, 0.1) is 33.7 Å². The van der Waals surface area contributed by atoms with Crippen LogP contribution in [0.25, 0.3) is 39.1 Å². The Hall–Kier alpha value is -4.82. The Morgan fingerprint density at radius 2 is 1.65 bits per heavy atom. The summed E-state index contributed by atoms with van der Waals surface area (Å²) in [7, 11) is 1.88. The van der Waals surface area contributed by atoms with E-state index in [9.17, 15) is 9.90 Å². The molecule has 200 valence electrons. The van der Waals surface area contributed by atoms with Crippen molar-refractivity contribution in [1.29, 1.82) is 0 Å². The van der Waals surface area contributed by atoms with Gasteiger partial charge >= 0.3 is 5.97 Å². The van der Waals surface area contributed by atoms with Crippen LogP contribution in [0.2, 0.25) is 0 Å². The van der Waals surface area contributed by atoms with Gasteiger partial charge in [0, 0.05) is 43.4 Å². The molecule has 0 spiro atoms. The molecule has 0 unspecified atom stereocenters. The van der Waals surface area contributed by atoms with Gasteiger partial charge in [-0.1, -0.05) is 60.7 Å². The molecule has 3 aromatic carbocycles. The molecular formula is C32H30N6O2. The van der Waals surface area contributed by atoms with Crippen LogP contribution in [0.5, 0.6) is 0 Å². The zero-order valence-corrected chi connectivity index (χ0v) is 22.5. The van der Waals surface area contributed by atoms with Crippen molar-refractivity contribution in [3.63, 3.8) is 0 Å². The molecule has 0 saturated carbocycles. The fraction of sp³-hybridized carbons (Fsp3) is 0.188. The first-order chi connectivity index (χ1) is 19.4. The third-order valence-corrected chi connectivity index (χ3v) is 7.47. The first-order valence-electron chi connectivity index (χ1n) is 13.3. The molecule has 0 fully saturated rings. The lowest BCUT2D eigenvalue weighted by atomic mass is 9.98. The molecule has 8 nitrogen and oxygen atoms in total. The number of aryl methyl sites for hydroxylation is 2. The second-order valence-electron chi connectivity index (χ2n) is 10.2. The smallest absolute Gasteiger partial charge is 0.335 e. The van der Waals surface area contributed by atoms with E-state index in [1.165, 1.54) is 11.1 Å². The van der Waals surface area contributed by atoms with Crippen LogP contribution in [0.1, 0.15) is 33.6 Å². The average Bonchev–Trinajstić information content (AvgIpc) is 3.23. The Labute approximate surface area is 232 Å². The Morgan fingerprint density at radius 3 is 2.27 bits per heavy atom. The fourth-order valence-corrected chi connectivity index (χ4v) is 5.37. The van der Waals surface area contributed by atoms with Crippen LogP contribution in [0.15, 0.2) is 78.9 Å². The largest absolute Gasteiger partial charge is 0.478 e. The predicted molar refractivity (Wildman–Crippen MR) is 158 cm³/mol. The molecule has 3 N–H and O–H groups in total. The molecule has 0 aliphatic carbocycles. The van der Waals surface area contributed by atoms with Crippen molar-refractivity contribution in [3.8, 4) is 22.5 Å². The number of carboxylic acid groups (broad SMARTS) is 1. The highest BCUT2D eigenvalue weighted by Crippen LogP contribution is 2.32. The summed E-state index contributed by atoms with van der Waals surface area (Å²) >= 11 is 0. The van der Waals surface area contributed by atoms with Gasteiger partial charge in [0.15, 0.2) is 0 Å². The Bertz CT molecular complexity index is 1760. The number of benzene rings is 3. The van der Waals surface area contributed by atoms with Crippen molar-refractivity contribution in [3.05, 3.63) is 101 Å². The van der Waals surface area contributed by atoms with Crippen molar-refractivity contribution in [2.24, 2.45) is 7.05 Å². The summed E-state index contributed by atoms with van der Waals surface area (Å²) in [6, 6.07) is 23.2. The van der Waals surface area contributed by atoms with E-state index in [2.05, 4.69) is 40.3 Å². The van der Waals surface area contributed by atoms with Crippen LogP contribution in [0.4, 0.5) is 5.82 Å². The van der Waals surface area contributed by atoms with Crippen molar-refractivity contribution in [2.75, 3.05) is 18.8 Å². The highest BCUT2D eigenvalue weighted by Gasteiger charge is 2.20. The second-order valence-corrected chi connectivity index (χ2v) is 10.2. The fourth-order valence-electron chi connectivity index (χ4n) is 5.37. The maximum atomic E-state index is 11.5. The van der Waals surface area contributed by atoms with Gasteiger partial charge in [0.2, 0.25) is 0 Å². The number of aromatic carboxylic acids is 1. The Balaban J connectivity index is 1.26. The standard InChI is InChI=1S/C32H30N6O2/c1-20-28(31(33)37(2)36-20)22-14-16-38(17-15-22)19-21-8-10-24(11-9-21)30-29(23-6-4-3-5-7-23)35-27-18-25(32(39)40)12-13-26(27)34-30/h3-14,18H,15-17,19,33H2,1-2H3,(H,39,40). The zero-order chi connectivity index (χ0) is 27.8. The van der Waals surface area contributed by atoms with Gasteiger partial charge in [-0.2, -0.15) is 5.10 Å². The second kappa shape index (κ2) is 10.4. The quantitative estimate of drug-likeness (QED) is 0.295. The number of aromatic nitrogens is 4. The predicted octanol–water partition coefficient (Wildman–Crippen LogP) is 5.58. The summed E-state index contributed by atoms with van der Waals surface area (Å²) < 4.78 is 1.75. The van der Waals surface area contributed by atoms with E-state index in [0.29, 0.717) is 11.0 Å². The van der Waals surface area contributed by atoms with Crippen molar-refractivity contribution < 1.29 is 9.90 Å². The Kier molecular flexibility index (Phi) is 6.61. The molecule has 0 amide bonds. The number of anilines is 1. The Morgan fingerprint density at radius 1 is 0.950 bits per heavy atom. The molecule has 3 heterocycles. The van der Waals surface area contributed by atoms with Crippen molar-refractivity contribution in [1.82, 2.24) is 24.6 Å². The summed E-state index contributed by atoms with van der Waals surface area (Å²) in [5, 5.41) is 13.9. The maximum Gasteiger partial charge on any atom is 0.335 e. The minimum atomic E-state index is -0.985. The first kappa shape index (κ1) is 25.5. The first-order valence-corrected chi connectivity index (χ1v) is 13.3. The van der Waals surface area contributed by atoms with Crippen LogP contribution < -0.4 is 5.73 Å². The maximum absolute atomic E-state index is 11.5. The molecule has 40 heavy (non-hydrogen) atoms. The van der Waals surface area contributed by atoms with Crippen LogP contribution in [-0.4, -0.2) is 48.8 Å². The van der Waals surface area contributed by atoms with E-state index < -0.39 is 5.97 Å². The summed E-state index contributed by atoms with van der Waals surface area (Å²) in [4.78, 5) is 23.7. The molecule has 5 aromatic rings. The summed E-state index contributed by atoms with van der Waals surface area (Å²) in [6.45, 7) is 4.67. The van der Waals surface area contributed by atoms with Crippen molar-refractivity contribution in [2.45, 2.75) is 19.9 Å². The normalized spacial score (nSPS) is 13.9. The number of hydrogen-bond donors (Lipinski definition) is 2. The lowest BCUT2D eigenvalue weighted by molar-refractivity contribution is 0.0697. The average molecular weight is 531 g/mol. The summed E-state index contributed by atoms with van der Waals surface area (Å²) in [6.07, 6.45) is 3.20. The molecule has 8 heteroatoms. The molecule has 6 rings (SSSR count). The topological polar surface area (TPSA) is 110 Å². The highest BCUT2D eigenvalue weighted by molar-refractivity contribution is 5.94. The van der Waals surface area contributed by atoms with E-state index in [0.717, 1.165) is 65.6 Å². The lowest BCUT2D eigenvalue weighted by Gasteiger charge is -2.26. The van der Waals surface area contributed by atoms with Gasteiger partial charge in [0.1, 0.15) is 5.82 Å². The molecule has 0 radical (unpaired) electrons. The SMILES string of the molecule is Cc1nn(C)c(N)c1C1=CCN(Cc2ccc(-c3nc4ccc(C(=O)O)cc4nc3-c3ccccc3)cc2)CC1. The van der Waals surface area contributed by atoms with Crippen LogP contribution in [0.3, 0.4) is 0 Å². The zero-order valence-electron chi connectivity index (χ0n) is 22.5. The van der Waals surface area contributed by atoms with Gasteiger partial charge < -0.3 is 10.8 Å². The van der Waals surface area contributed by atoms with E-state index in [1.54, 1.807) is 22.9 Å². The van der Waals surface area contributed by atoms with Gasteiger partial charge in [-0.05, 0) is 42.7 Å². The van der Waals surface area contributed by atoms with Gasteiger partial charge in [-0.25, -0.2) is 14.8 Å². The van der Waals surface area contributed by atoms with Gasteiger partial charge in [-0.3, -0.25) is 9.58 Å². The third-order valence-electron chi connectivity index (χ3n) is 7.47. The number of carboxylic acids is 1. The molecule has 0 bridgehead atoms. The van der Waals surface area contributed by atoms with Gasteiger partial charge in [0.25, 0.3) is 0 Å². The van der Waals surface area contributed by atoms with E-state index in [1.807, 2.05) is 44.3 Å². The highest BCUT2D eigenvalue weighted by atomic mass is 16.4. The number of rotatable bonds is 6. The third kappa shape index (κ3) is 4.85. The number of fused-ring (bicyclic) bond motifs is 1. The number of nitrogens with zero attached hydrogens (tertiary/aromatic N) is 5. The summed E-state index contributed by atoms with van der Waals surface area (Å²) in [5.41, 5.74) is 15.6. The lowest BCUT2D eigenvalue weighted by Crippen LogP contribution is -2.28. The molecule has 2 aromatic heterocycles. The number of nitrogens with two attached hydrogens (primary N) is 1. The van der Waals surface area contributed by atoms with Crippen LogP contribution in [0, 0.1) is 6.92 Å². The molecule has 0 saturated heterocycles. The molecular weight excluding hydrogens is 500 g/mol. The van der Waals surface area contributed by atoms with Crippen molar-refractivity contribution >= 4 is 28.4 Å². The molecule has 1 aliphatic heterocycles. The number of carbonyl (C=O) groups is 1. The summed E-state index contributed by atoms with van der Waals surface area (Å²) in [5.74, 6) is -0.261.